The molecule has 1 aliphatic rings. The topological polar surface area (TPSA) is 26.1 Å². The SMILES string of the molecule is CC1C[N]NCC1C. The van der Waals surface area contributed by atoms with Crippen molar-refractivity contribution in [2.45, 2.75) is 13.8 Å². The lowest BCUT2D eigenvalue weighted by molar-refractivity contribution is 0.261. The molecule has 8 heavy (non-hydrogen) atoms. The van der Waals surface area contributed by atoms with E-state index in [4.69, 9.17) is 0 Å². The van der Waals surface area contributed by atoms with Gasteiger partial charge in [0.25, 0.3) is 0 Å². The zero-order valence-electron chi connectivity index (χ0n) is 5.52. The van der Waals surface area contributed by atoms with Crippen LogP contribution in [0.4, 0.5) is 0 Å². The van der Waals surface area contributed by atoms with Gasteiger partial charge in [0.1, 0.15) is 0 Å². The Hall–Kier alpha value is -0.0800. The van der Waals surface area contributed by atoms with E-state index >= 15 is 0 Å². The molecule has 2 heteroatoms. The van der Waals surface area contributed by atoms with Crippen molar-refractivity contribution in [2.75, 3.05) is 13.1 Å². The van der Waals surface area contributed by atoms with Crippen LogP contribution >= 0.6 is 0 Å². The van der Waals surface area contributed by atoms with Crippen molar-refractivity contribution >= 4 is 0 Å². The van der Waals surface area contributed by atoms with Crippen molar-refractivity contribution < 1.29 is 0 Å². The predicted octanol–water partition coefficient (Wildman–Crippen LogP) is 0.381. The lowest BCUT2D eigenvalue weighted by Gasteiger charge is -2.24. The van der Waals surface area contributed by atoms with E-state index in [1.165, 1.54) is 0 Å². The van der Waals surface area contributed by atoms with E-state index in [0.717, 1.165) is 24.9 Å². The number of hydrogen-bond donors (Lipinski definition) is 1. The second-order valence-electron chi connectivity index (χ2n) is 2.66. The van der Waals surface area contributed by atoms with Crippen molar-refractivity contribution in [2.24, 2.45) is 11.8 Å². The zero-order valence-corrected chi connectivity index (χ0v) is 5.52. The third-order valence-corrected chi connectivity index (χ3v) is 1.88. The molecule has 1 radical (unpaired) electrons. The van der Waals surface area contributed by atoms with Crippen molar-refractivity contribution in [1.82, 2.24) is 10.9 Å². The molecule has 0 amide bonds. The molecule has 0 aromatic rings. The van der Waals surface area contributed by atoms with Gasteiger partial charge in [-0.25, -0.2) is 5.43 Å². The maximum atomic E-state index is 4.06. The summed E-state index contributed by atoms with van der Waals surface area (Å²) in [5.41, 5.74) is 7.05. The van der Waals surface area contributed by atoms with E-state index in [9.17, 15) is 0 Å². The molecule has 2 atom stereocenters. The number of nitrogens with one attached hydrogen (secondary N) is 1. The Morgan fingerprint density at radius 2 is 2.12 bits per heavy atom. The highest BCUT2D eigenvalue weighted by atomic mass is 15.4. The summed E-state index contributed by atoms with van der Waals surface area (Å²) in [7, 11) is 0. The van der Waals surface area contributed by atoms with E-state index in [2.05, 4.69) is 24.7 Å². The van der Waals surface area contributed by atoms with Gasteiger partial charge in [-0.05, 0) is 11.8 Å². The molecule has 1 saturated heterocycles. The van der Waals surface area contributed by atoms with Gasteiger partial charge in [0.15, 0.2) is 0 Å². The monoisotopic (exact) mass is 113 g/mol. The smallest absolute Gasteiger partial charge is 0.0333 e. The van der Waals surface area contributed by atoms with E-state index < -0.39 is 0 Å². The van der Waals surface area contributed by atoms with Crippen molar-refractivity contribution in [1.29, 1.82) is 0 Å². The number of hydrogen-bond acceptors (Lipinski definition) is 1. The number of nitrogens with zero attached hydrogens (tertiary/aromatic N) is 1. The van der Waals surface area contributed by atoms with Gasteiger partial charge in [-0.1, -0.05) is 13.8 Å². The van der Waals surface area contributed by atoms with E-state index in [1.807, 2.05) is 0 Å². The molecule has 1 heterocycles. The van der Waals surface area contributed by atoms with Gasteiger partial charge in [0.2, 0.25) is 0 Å². The van der Waals surface area contributed by atoms with Gasteiger partial charge in [-0.15, -0.1) is 0 Å². The van der Waals surface area contributed by atoms with Gasteiger partial charge in [-0.2, -0.15) is 5.43 Å². The first kappa shape index (κ1) is 6.05. The van der Waals surface area contributed by atoms with Crippen LogP contribution in [0.15, 0.2) is 0 Å². The van der Waals surface area contributed by atoms with Gasteiger partial charge in [0, 0.05) is 13.1 Å². The molecule has 0 aromatic heterocycles. The Morgan fingerprint density at radius 3 is 2.50 bits per heavy atom. The summed E-state index contributed by atoms with van der Waals surface area (Å²) in [5.74, 6) is 1.57. The lowest BCUT2D eigenvalue weighted by atomic mass is 9.95. The van der Waals surface area contributed by atoms with E-state index in [1.54, 1.807) is 0 Å². The normalized spacial score (nSPS) is 39.8. The Bertz CT molecular complexity index is 62.9. The van der Waals surface area contributed by atoms with Crippen molar-refractivity contribution in [3.63, 3.8) is 0 Å². The molecular formula is C6H13N2. The van der Waals surface area contributed by atoms with Crippen LogP contribution in [0.1, 0.15) is 13.8 Å². The molecule has 0 bridgehead atoms. The molecule has 0 saturated carbocycles. The van der Waals surface area contributed by atoms with E-state index in [-0.39, 0.29) is 0 Å². The maximum absolute atomic E-state index is 4.06. The van der Waals surface area contributed by atoms with Gasteiger partial charge < -0.3 is 0 Å². The maximum Gasteiger partial charge on any atom is 0.0333 e. The average molecular weight is 113 g/mol. The summed E-state index contributed by atoms with van der Waals surface area (Å²) >= 11 is 0. The molecule has 2 nitrogen and oxygen atoms in total. The molecule has 0 spiro atoms. The minimum Gasteiger partial charge on any atom is -0.240 e. The molecule has 1 N–H and O–H groups in total. The Kier molecular flexibility index (Phi) is 1.86. The second kappa shape index (κ2) is 2.46. The average Bonchev–Trinajstić information content (AvgIpc) is 1.77. The fourth-order valence-corrected chi connectivity index (χ4v) is 0.798. The van der Waals surface area contributed by atoms with Crippen LogP contribution in [0, 0.1) is 11.8 Å². The van der Waals surface area contributed by atoms with Crippen molar-refractivity contribution in [3.8, 4) is 0 Å². The first-order valence-electron chi connectivity index (χ1n) is 3.20. The largest absolute Gasteiger partial charge is 0.240 e. The first-order chi connectivity index (χ1) is 3.80. The molecule has 1 aliphatic heterocycles. The predicted molar refractivity (Wildman–Crippen MR) is 33.3 cm³/mol. The van der Waals surface area contributed by atoms with Crippen LogP contribution < -0.4 is 10.9 Å². The molecule has 2 unspecified atom stereocenters. The Balaban J connectivity index is 2.28. The molecule has 1 fully saturated rings. The van der Waals surface area contributed by atoms with Gasteiger partial charge >= 0.3 is 0 Å². The Labute approximate surface area is 50.6 Å². The molecular weight excluding hydrogens is 100 g/mol. The summed E-state index contributed by atoms with van der Waals surface area (Å²) in [6.45, 7) is 6.55. The van der Waals surface area contributed by atoms with Crippen LogP contribution in [-0.4, -0.2) is 13.1 Å². The second-order valence-corrected chi connectivity index (χ2v) is 2.66. The highest BCUT2D eigenvalue weighted by molar-refractivity contribution is 4.68. The molecule has 0 aliphatic carbocycles. The first-order valence-corrected chi connectivity index (χ1v) is 3.20. The third-order valence-electron chi connectivity index (χ3n) is 1.88. The molecule has 47 valence electrons. The summed E-state index contributed by atoms with van der Waals surface area (Å²) < 4.78 is 0. The molecule has 1 rings (SSSR count). The summed E-state index contributed by atoms with van der Waals surface area (Å²) in [4.78, 5) is 0. The summed E-state index contributed by atoms with van der Waals surface area (Å²) in [6.07, 6.45) is 0. The van der Waals surface area contributed by atoms with Crippen molar-refractivity contribution in [3.05, 3.63) is 0 Å². The summed E-state index contributed by atoms with van der Waals surface area (Å²) in [6, 6.07) is 0. The number of rotatable bonds is 0. The lowest BCUT2D eigenvalue weighted by Crippen LogP contribution is -2.41. The molecule has 0 aromatic carbocycles. The fourth-order valence-electron chi connectivity index (χ4n) is 0.798. The van der Waals surface area contributed by atoms with Gasteiger partial charge in [-0.3, -0.25) is 0 Å². The summed E-state index contributed by atoms with van der Waals surface area (Å²) in [5, 5.41) is 0. The zero-order chi connectivity index (χ0) is 5.98. The third kappa shape index (κ3) is 1.20. The fraction of sp³-hybridized carbons (Fsp3) is 1.00. The minimum atomic E-state index is 0.774. The Morgan fingerprint density at radius 1 is 1.38 bits per heavy atom. The quantitative estimate of drug-likeness (QED) is 0.483. The van der Waals surface area contributed by atoms with Crippen LogP contribution in [0.3, 0.4) is 0 Å². The van der Waals surface area contributed by atoms with E-state index in [0.29, 0.717) is 0 Å². The minimum absolute atomic E-state index is 0.774. The van der Waals surface area contributed by atoms with Crippen LogP contribution in [0.25, 0.3) is 0 Å². The highest BCUT2D eigenvalue weighted by Crippen LogP contribution is 2.10. The standard InChI is InChI=1S/C6H13N2/c1-5-3-7-8-4-6(5)2/h5-7H,3-4H2,1-2H3. The van der Waals surface area contributed by atoms with Crippen LogP contribution in [0.5, 0.6) is 0 Å². The highest BCUT2D eigenvalue weighted by Gasteiger charge is 2.15. The van der Waals surface area contributed by atoms with Gasteiger partial charge in [0.05, 0.1) is 0 Å². The van der Waals surface area contributed by atoms with Crippen LogP contribution in [-0.2, 0) is 0 Å². The van der Waals surface area contributed by atoms with Crippen LogP contribution in [0.2, 0.25) is 0 Å².